The van der Waals surface area contributed by atoms with E-state index in [1.807, 2.05) is 36.4 Å². The molecule has 0 bridgehead atoms. The molecule has 114 heavy (non-hydrogen) atoms. The third-order valence-corrected chi connectivity index (χ3v) is 23.6. The van der Waals surface area contributed by atoms with E-state index >= 15 is 0 Å². The Kier molecular flexibility index (Phi) is 40.0. The number of aryl methyl sites for hydroxylation is 3. The molecular formula is C92H126ClN3O15S3. The maximum Gasteiger partial charge on any atom is 0.197 e. The molecule has 0 atom stereocenters. The Balaban J connectivity index is 0.000000237. The number of carbonyl (C=O) groups is 3. The zero-order chi connectivity index (χ0) is 82.5. The molecule has 0 aliphatic carbocycles. The average molecular weight is 1650 g/mol. The van der Waals surface area contributed by atoms with Gasteiger partial charge >= 0.3 is 0 Å². The van der Waals surface area contributed by atoms with Crippen molar-refractivity contribution >= 4 is 91.4 Å². The Bertz CT molecular complexity index is 4760. The Morgan fingerprint density at radius 2 is 0.640 bits per heavy atom. The van der Waals surface area contributed by atoms with E-state index in [0.29, 0.717) is 139 Å². The largest absolute Gasteiger partial charge is 0.494 e. The Morgan fingerprint density at radius 1 is 0.360 bits per heavy atom. The molecule has 3 heterocycles. The molecule has 18 nitrogen and oxygen atoms in total. The monoisotopic (exact) mass is 1640 g/mol. The van der Waals surface area contributed by atoms with Crippen LogP contribution in [0.15, 0.2) is 141 Å². The van der Waals surface area contributed by atoms with Gasteiger partial charge in [0.15, 0.2) is 46.9 Å². The van der Waals surface area contributed by atoms with Crippen molar-refractivity contribution in [3.63, 3.8) is 0 Å². The number of carbonyl (C=O) groups excluding carboxylic acids is 3. The van der Waals surface area contributed by atoms with Crippen LogP contribution in [0.2, 0.25) is 0 Å². The van der Waals surface area contributed by atoms with Gasteiger partial charge in [0, 0.05) is 77.7 Å². The number of benzene rings is 6. The number of fused-ring (bicyclic) bond motifs is 3. The lowest BCUT2D eigenvalue weighted by atomic mass is 9.97. The summed E-state index contributed by atoms with van der Waals surface area (Å²) in [7, 11) is -9.82. The summed E-state index contributed by atoms with van der Waals surface area (Å²) in [4.78, 5) is 46.1. The zero-order valence-electron chi connectivity index (χ0n) is 69.4. The minimum absolute atomic E-state index is 0.0763. The van der Waals surface area contributed by atoms with Gasteiger partial charge in [0.25, 0.3) is 0 Å². The number of nitrogens with zero attached hydrogens (tertiary/aromatic N) is 2. The Labute approximate surface area is 684 Å². The van der Waals surface area contributed by atoms with Gasteiger partial charge in [-0.15, -0.1) is 11.6 Å². The maximum atomic E-state index is 13.7. The van der Waals surface area contributed by atoms with Crippen LogP contribution in [0.4, 0.5) is 0 Å². The van der Waals surface area contributed by atoms with Gasteiger partial charge in [0.1, 0.15) is 56.5 Å². The van der Waals surface area contributed by atoms with Crippen LogP contribution in [0.3, 0.4) is 0 Å². The van der Waals surface area contributed by atoms with Gasteiger partial charge in [-0.1, -0.05) is 125 Å². The normalized spacial score (nSPS) is 11.9. The molecule has 0 saturated carbocycles. The first kappa shape index (κ1) is 93.5. The van der Waals surface area contributed by atoms with Crippen LogP contribution in [-0.4, -0.2) is 142 Å². The van der Waals surface area contributed by atoms with E-state index in [1.54, 1.807) is 91.0 Å². The molecule has 9 rings (SSSR count). The summed E-state index contributed by atoms with van der Waals surface area (Å²) in [6.45, 7) is 27.8. The Morgan fingerprint density at radius 3 is 0.930 bits per heavy atom. The molecule has 0 aliphatic rings. The first-order valence-corrected chi connectivity index (χ1v) is 48.1. The summed E-state index contributed by atoms with van der Waals surface area (Å²) in [5.41, 5.74) is 6.85. The van der Waals surface area contributed by atoms with E-state index in [2.05, 4.69) is 70.5 Å². The van der Waals surface area contributed by atoms with Crippen LogP contribution in [0, 0.1) is 0 Å². The molecule has 0 aliphatic heterocycles. The predicted molar refractivity (Wildman–Crippen MR) is 465 cm³/mol. The number of sulfone groups is 3. The minimum Gasteiger partial charge on any atom is -0.494 e. The highest BCUT2D eigenvalue weighted by Crippen LogP contribution is 2.35. The van der Waals surface area contributed by atoms with Crippen molar-refractivity contribution < 1.29 is 67.1 Å². The van der Waals surface area contributed by atoms with Gasteiger partial charge in [-0.2, -0.15) is 0 Å². The van der Waals surface area contributed by atoms with E-state index in [0.717, 1.165) is 127 Å². The second-order valence-electron chi connectivity index (χ2n) is 30.0. The number of alkyl halides is 1. The average Bonchev–Trinajstić information content (AvgIpc) is 1.64. The molecule has 6 aromatic carbocycles. The highest BCUT2D eigenvalue weighted by atomic mass is 35.5. The molecule has 9 aromatic rings. The summed E-state index contributed by atoms with van der Waals surface area (Å²) >= 11 is 5.61. The van der Waals surface area contributed by atoms with Crippen molar-refractivity contribution in [2.75, 3.05) is 89.9 Å². The van der Waals surface area contributed by atoms with Gasteiger partial charge in [-0.25, -0.2) is 25.3 Å². The second kappa shape index (κ2) is 48.8. The third kappa shape index (κ3) is 30.8. The van der Waals surface area contributed by atoms with Crippen molar-refractivity contribution in [3.8, 4) is 17.2 Å². The van der Waals surface area contributed by atoms with Crippen LogP contribution in [0.25, 0.3) is 32.9 Å². The fourth-order valence-electron chi connectivity index (χ4n) is 13.5. The number of hydrogen-bond acceptors (Lipinski definition) is 18. The summed E-state index contributed by atoms with van der Waals surface area (Å²) in [5.74, 6) is 3.43. The van der Waals surface area contributed by atoms with E-state index in [9.17, 15) is 39.6 Å². The number of halogens is 1. The molecule has 0 saturated heterocycles. The molecule has 0 unspecified atom stereocenters. The molecule has 3 aromatic heterocycles. The number of furan rings is 3. The van der Waals surface area contributed by atoms with Crippen LogP contribution in [0.1, 0.15) is 259 Å². The van der Waals surface area contributed by atoms with Crippen molar-refractivity contribution in [3.05, 3.63) is 195 Å². The lowest BCUT2D eigenvalue weighted by Gasteiger charge is -2.21. The number of hydrogen-bond donors (Lipinski definition) is 1. The fourth-order valence-corrected chi connectivity index (χ4v) is 16.1. The third-order valence-electron chi connectivity index (χ3n) is 19.7. The van der Waals surface area contributed by atoms with Crippen LogP contribution < -0.4 is 19.5 Å². The molecule has 0 spiro atoms. The number of ether oxygens (including phenoxy) is 3. The summed E-state index contributed by atoms with van der Waals surface area (Å²) in [5, 5.41) is 4.91. The van der Waals surface area contributed by atoms with Crippen LogP contribution in [-0.2, 0) is 66.0 Å². The standard InChI is InChI=1S/C32H44ClNO5S.C32H45NO5S.C28H37NO5S/c1-4-7-11-30-31(28-22-25(12-17-29(28)39-30)23-40(36,37)24-33)32(35)26-13-15-27(16-14-26)38-21-10-20-34(18-8-5-2)19-9-6-3;1-5-8-12-30-31(28-23-25(24-39(4,35)36)13-18-29(28)38-30)32(34)26-14-16-27(17-15-26)37-22-11-21-33(19-9-6-2)20-10-7-3;1-4-6-9-26-27(24-19-21(20-35(3,31)32)10-15-25(24)34-26)28(30)22-11-13-23(14-12-22)33-18-8-17-29-16-7-5-2/h12-17,22H,4-11,18-21,23-24H2,1-3H3;13-18,23H,5-12,19-22,24H2,1-4H3;10-15,19,29H,4-9,16-18,20H2,1-3H3. The predicted octanol–water partition coefficient (Wildman–Crippen LogP) is 20.7. The van der Waals surface area contributed by atoms with Crippen molar-refractivity contribution in [2.24, 2.45) is 0 Å². The van der Waals surface area contributed by atoms with Gasteiger partial charge in [0.2, 0.25) is 0 Å². The van der Waals surface area contributed by atoms with E-state index in [4.69, 9.17) is 39.1 Å². The minimum atomic E-state index is -3.43. The molecule has 0 radical (unpaired) electrons. The number of rotatable bonds is 52. The van der Waals surface area contributed by atoms with E-state index in [-0.39, 0.29) is 34.6 Å². The Hall–Kier alpha value is -7.63. The highest BCUT2D eigenvalue weighted by Gasteiger charge is 2.27. The fraction of sp³-hybridized carbons (Fsp3) is 0.511. The summed E-state index contributed by atoms with van der Waals surface area (Å²) in [6, 6.07) is 37.5. The molecule has 1 N–H and O–H groups in total. The van der Waals surface area contributed by atoms with Crippen LogP contribution in [0.5, 0.6) is 17.2 Å². The lowest BCUT2D eigenvalue weighted by molar-refractivity contribution is 0.103. The number of unbranched alkanes of at least 4 members (excludes halogenated alkanes) is 8. The topological polar surface area (TPSA) is 239 Å². The number of ketones is 3. The highest BCUT2D eigenvalue weighted by molar-refractivity contribution is 7.91. The quantitative estimate of drug-likeness (QED) is 0.0212. The second-order valence-corrected chi connectivity index (χ2v) is 36.9. The SMILES string of the molecule is CCCCNCCCOc1ccc(C(=O)c2c(CCCC)oc3ccc(CS(C)(=O)=O)cc23)cc1.CCCCc1oc2ccc(CS(=O)(=O)CCl)cc2c1C(=O)c1ccc(OCCCN(CCCC)CCCC)cc1.CCCCc1oc2ccc(CS(C)(=O)=O)cc2c1C(=O)c1ccc(OCCCN(CCCC)CCCC)cc1. The van der Waals surface area contributed by atoms with Crippen molar-refractivity contribution in [1.82, 2.24) is 15.1 Å². The maximum absolute atomic E-state index is 13.7. The van der Waals surface area contributed by atoms with E-state index < -0.39 is 34.7 Å². The lowest BCUT2D eigenvalue weighted by Crippen LogP contribution is -2.28. The van der Waals surface area contributed by atoms with Crippen molar-refractivity contribution in [2.45, 2.75) is 214 Å². The van der Waals surface area contributed by atoms with E-state index in [1.165, 1.54) is 76.7 Å². The first-order chi connectivity index (χ1) is 54.9. The first-order valence-electron chi connectivity index (χ1n) is 41.6. The van der Waals surface area contributed by atoms with Gasteiger partial charge in [-0.05, 0) is 236 Å². The molecule has 22 heteroatoms. The zero-order valence-corrected chi connectivity index (χ0v) is 72.6. The van der Waals surface area contributed by atoms with Crippen molar-refractivity contribution in [1.29, 1.82) is 0 Å². The van der Waals surface area contributed by atoms with Gasteiger partial charge in [-0.3, -0.25) is 14.4 Å². The summed E-state index contributed by atoms with van der Waals surface area (Å²) < 4.78 is 108. The molecule has 0 amide bonds. The summed E-state index contributed by atoms with van der Waals surface area (Å²) in [6.07, 6.45) is 24.9. The number of nitrogens with one attached hydrogen (secondary N) is 1. The van der Waals surface area contributed by atoms with Crippen LogP contribution >= 0.6 is 11.6 Å². The smallest absolute Gasteiger partial charge is 0.197 e. The molecule has 624 valence electrons. The van der Waals surface area contributed by atoms with Gasteiger partial charge in [0.05, 0.1) is 53.8 Å². The molecule has 0 fully saturated rings. The van der Waals surface area contributed by atoms with Gasteiger partial charge < -0.3 is 42.6 Å². The molecular weight excluding hydrogens is 1520 g/mol.